The molecule has 3 heteroatoms. The minimum atomic E-state index is 0.264. The molecular weight excluding hydrogens is 222 g/mol. The number of nitrogens with one attached hydrogen (secondary N) is 1. The molecule has 1 aliphatic rings. The van der Waals surface area contributed by atoms with Crippen LogP contribution in [0.15, 0.2) is 0 Å². The molecule has 0 spiro atoms. The number of nitrogens with zero attached hydrogens (tertiary/aromatic N) is 1. The first kappa shape index (κ1) is 15.9. The van der Waals surface area contributed by atoms with Gasteiger partial charge in [0.15, 0.2) is 0 Å². The maximum Gasteiger partial charge on any atom is 0.0394 e. The van der Waals surface area contributed by atoms with Crippen LogP contribution in [0.25, 0.3) is 0 Å². The summed E-state index contributed by atoms with van der Waals surface area (Å²) < 4.78 is 0. The molecule has 1 aliphatic carbocycles. The molecule has 0 saturated heterocycles. The first-order valence-electron chi connectivity index (χ1n) is 7.70. The number of rotatable bonds is 7. The zero-order valence-electron chi connectivity index (χ0n) is 12.8. The summed E-state index contributed by atoms with van der Waals surface area (Å²) in [5, 5.41) is 0. The van der Waals surface area contributed by atoms with Gasteiger partial charge >= 0.3 is 0 Å². The lowest BCUT2D eigenvalue weighted by molar-refractivity contribution is 0.0334. The van der Waals surface area contributed by atoms with Gasteiger partial charge in [0.05, 0.1) is 0 Å². The number of unbranched alkanes of at least 4 members (excludes halogenated alkanes) is 2. The van der Waals surface area contributed by atoms with Crippen LogP contribution in [-0.4, -0.2) is 30.6 Å². The third-order valence-electron chi connectivity index (χ3n) is 4.85. The molecule has 1 saturated carbocycles. The van der Waals surface area contributed by atoms with Gasteiger partial charge in [0, 0.05) is 11.6 Å². The Hall–Kier alpha value is -0.120. The van der Waals surface area contributed by atoms with E-state index in [1.165, 1.54) is 51.4 Å². The maximum absolute atomic E-state index is 5.88. The molecule has 3 unspecified atom stereocenters. The first-order chi connectivity index (χ1) is 8.56. The Bertz CT molecular complexity index is 230. The van der Waals surface area contributed by atoms with Crippen molar-refractivity contribution in [1.29, 1.82) is 0 Å². The van der Waals surface area contributed by atoms with Gasteiger partial charge in [-0.25, -0.2) is 0 Å². The van der Waals surface area contributed by atoms with Crippen molar-refractivity contribution in [2.24, 2.45) is 11.8 Å². The van der Waals surface area contributed by atoms with Gasteiger partial charge in [-0.2, -0.15) is 0 Å². The second kappa shape index (κ2) is 7.46. The van der Waals surface area contributed by atoms with Crippen molar-refractivity contribution in [3.63, 3.8) is 0 Å². The number of nitrogens with two attached hydrogens (primary N) is 1. The predicted octanol–water partition coefficient (Wildman–Crippen LogP) is 2.91. The molecule has 0 aromatic rings. The van der Waals surface area contributed by atoms with Crippen molar-refractivity contribution in [1.82, 2.24) is 10.3 Å². The van der Waals surface area contributed by atoms with Gasteiger partial charge < -0.3 is 4.90 Å². The summed E-state index contributed by atoms with van der Waals surface area (Å²) >= 11 is 0. The molecule has 108 valence electrons. The van der Waals surface area contributed by atoms with Crippen LogP contribution in [0.5, 0.6) is 0 Å². The van der Waals surface area contributed by atoms with E-state index in [-0.39, 0.29) is 5.54 Å². The Kier molecular flexibility index (Phi) is 6.61. The van der Waals surface area contributed by atoms with E-state index in [9.17, 15) is 0 Å². The minimum absolute atomic E-state index is 0.264. The van der Waals surface area contributed by atoms with Crippen LogP contribution in [0, 0.1) is 5.92 Å². The molecule has 1 rings (SSSR count). The van der Waals surface area contributed by atoms with Crippen LogP contribution in [0.2, 0.25) is 0 Å². The van der Waals surface area contributed by atoms with Crippen molar-refractivity contribution in [2.75, 3.05) is 14.1 Å². The van der Waals surface area contributed by atoms with Crippen LogP contribution in [0.3, 0.4) is 0 Å². The minimum Gasteiger partial charge on any atom is -0.302 e. The van der Waals surface area contributed by atoms with Gasteiger partial charge in [0.2, 0.25) is 0 Å². The average Bonchev–Trinajstić information content (AvgIpc) is 2.34. The Morgan fingerprint density at radius 1 is 1.39 bits per heavy atom. The standard InChI is InChI=1S/C15H33N3/c1-5-6-7-10-14(17-16)15(18(3)4)11-8-9-13(2)12-15/h13-14,17H,5-12,16H2,1-4H3. The lowest BCUT2D eigenvalue weighted by Gasteiger charge is -2.50. The van der Waals surface area contributed by atoms with Gasteiger partial charge in [-0.05, 0) is 39.3 Å². The fraction of sp³-hybridized carbons (Fsp3) is 1.00. The summed E-state index contributed by atoms with van der Waals surface area (Å²) in [7, 11) is 4.45. The molecule has 0 aromatic heterocycles. The Labute approximate surface area is 113 Å². The Morgan fingerprint density at radius 3 is 2.61 bits per heavy atom. The maximum atomic E-state index is 5.88. The van der Waals surface area contributed by atoms with E-state index in [0.29, 0.717) is 6.04 Å². The summed E-state index contributed by atoms with van der Waals surface area (Å²) in [6.45, 7) is 4.65. The SMILES string of the molecule is CCCCCC(NN)C1(N(C)C)CCCC(C)C1. The fourth-order valence-electron chi connectivity index (χ4n) is 3.70. The van der Waals surface area contributed by atoms with Gasteiger partial charge in [0.25, 0.3) is 0 Å². The average molecular weight is 255 g/mol. The third kappa shape index (κ3) is 3.69. The van der Waals surface area contributed by atoms with Gasteiger partial charge in [-0.3, -0.25) is 11.3 Å². The smallest absolute Gasteiger partial charge is 0.0394 e. The third-order valence-corrected chi connectivity index (χ3v) is 4.85. The number of hydrogen-bond acceptors (Lipinski definition) is 3. The van der Waals surface area contributed by atoms with E-state index < -0.39 is 0 Å². The molecule has 3 atom stereocenters. The molecule has 0 heterocycles. The van der Waals surface area contributed by atoms with Crippen LogP contribution in [0.4, 0.5) is 0 Å². The number of hydrogen-bond donors (Lipinski definition) is 2. The second-order valence-electron chi connectivity index (χ2n) is 6.41. The highest BCUT2D eigenvalue weighted by molar-refractivity contribution is 5.01. The summed E-state index contributed by atoms with van der Waals surface area (Å²) in [6.07, 6.45) is 10.4. The summed E-state index contributed by atoms with van der Waals surface area (Å²) in [5.74, 6) is 6.70. The number of hydrazine groups is 1. The molecule has 0 bridgehead atoms. The zero-order valence-corrected chi connectivity index (χ0v) is 12.8. The van der Waals surface area contributed by atoms with Gasteiger partial charge in [0.1, 0.15) is 0 Å². The molecular formula is C15H33N3. The van der Waals surface area contributed by atoms with E-state index in [0.717, 1.165) is 5.92 Å². The Morgan fingerprint density at radius 2 is 2.11 bits per heavy atom. The predicted molar refractivity (Wildman–Crippen MR) is 79.3 cm³/mol. The second-order valence-corrected chi connectivity index (χ2v) is 6.41. The summed E-state index contributed by atoms with van der Waals surface area (Å²) in [4.78, 5) is 2.43. The van der Waals surface area contributed by atoms with E-state index in [2.05, 4.69) is 38.3 Å². The largest absolute Gasteiger partial charge is 0.302 e. The van der Waals surface area contributed by atoms with Crippen molar-refractivity contribution in [3.05, 3.63) is 0 Å². The Balaban J connectivity index is 2.73. The topological polar surface area (TPSA) is 41.3 Å². The van der Waals surface area contributed by atoms with Crippen LogP contribution >= 0.6 is 0 Å². The monoisotopic (exact) mass is 255 g/mol. The van der Waals surface area contributed by atoms with Crippen molar-refractivity contribution < 1.29 is 0 Å². The first-order valence-corrected chi connectivity index (χ1v) is 7.70. The molecule has 0 aliphatic heterocycles. The van der Waals surface area contributed by atoms with Gasteiger partial charge in [-0.1, -0.05) is 46.0 Å². The lowest BCUT2D eigenvalue weighted by atomic mass is 9.70. The summed E-state index contributed by atoms with van der Waals surface area (Å²) in [6, 6.07) is 0.432. The van der Waals surface area contributed by atoms with Crippen LogP contribution in [-0.2, 0) is 0 Å². The van der Waals surface area contributed by atoms with Crippen LogP contribution in [0.1, 0.15) is 65.2 Å². The van der Waals surface area contributed by atoms with Crippen molar-refractivity contribution in [2.45, 2.75) is 76.8 Å². The normalized spacial score (nSPS) is 30.7. The molecule has 0 amide bonds. The quantitative estimate of drug-likeness (QED) is 0.417. The molecule has 3 nitrogen and oxygen atoms in total. The highest BCUT2D eigenvalue weighted by Crippen LogP contribution is 2.39. The molecule has 1 fully saturated rings. The molecule has 3 N–H and O–H groups in total. The highest BCUT2D eigenvalue weighted by Gasteiger charge is 2.42. The molecule has 0 aromatic carbocycles. The lowest BCUT2D eigenvalue weighted by Crippen LogP contribution is -2.62. The molecule has 18 heavy (non-hydrogen) atoms. The highest BCUT2D eigenvalue weighted by atomic mass is 15.3. The van der Waals surface area contributed by atoms with E-state index in [1.54, 1.807) is 0 Å². The fourth-order valence-corrected chi connectivity index (χ4v) is 3.70. The van der Waals surface area contributed by atoms with Crippen LogP contribution < -0.4 is 11.3 Å². The zero-order chi connectivity index (χ0) is 13.6. The van der Waals surface area contributed by atoms with Gasteiger partial charge in [-0.15, -0.1) is 0 Å². The van der Waals surface area contributed by atoms with E-state index in [1.807, 2.05) is 0 Å². The summed E-state index contributed by atoms with van der Waals surface area (Å²) in [5.41, 5.74) is 3.40. The molecule has 0 radical (unpaired) electrons. The van der Waals surface area contributed by atoms with E-state index in [4.69, 9.17) is 5.84 Å². The number of likely N-dealkylation sites (N-methyl/N-ethyl adjacent to an activating group) is 1. The van der Waals surface area contributed by atoms with E-state index >= 15 is 0 Å². The van der Waals surface area contributed by atoms with Crippen molar-refractivity contribution in [3.8, 4) is 0 Å². The van der Waals surface area contributed by atoms with Crippen molar-refractivity contribution >= 4 is 0 Å².